The van der Waals surface area contributed by atoms with E-state index in [-0.39, 0.29) is 22.3 Å². The van der Waals surface area contributed by atoms with Gasteiger partial charge in [-0.25, -0.2) is 27.6 Å². The Hall–Kier alpha value is -2.56. The number of rotatable bonds is 4. The van der Waals surface area contributed by atoms with E-state index in [1.165, 1.54) is 10.9 Å². The van der Waals surface area contributed by atoms with Crippen LogP contribution in [0.4, 0.5) is 4.39 Å². The zero-order valence-corrected chi connectivity index (χ0v) is 14.3. The Morgan fingerprint density at radius 3 is 2.81 bits per heavy atom. The maximum Gasteiger partial charge on any atom is 0.238 e. The van der Waals surface area contributed by atoms with E-state index < -0.39 is 15.8 Å². The predicted octanol–water partition coefficient (Wildman–Crippen LogP) is 1.82. The van der Waals surface area contributed by atoms with Crippen molar-refractivity contribution in [3.8, 4) is 17.3 Å². The molecule has 136 valence electrons. The highest BCUT2D eigenvalue weighted by Gasteiger charge is 2.27. The van der Waals surface area contributed by atoms with Crippen LogP contribution in [0.2, 0.25) is 0 Å². The molecule has 8 nitrogen and oxygen atoms in total. The fraction of sp³-hybridized carbons (Fsp3) is 0.250. The minimum atomic E-state index is -3.99. The lowest BCUT2D eigenvalue weighted by atomic mass is 10.1. The molecule has 1 aliphatic rings. The van der Waals surface area contributed by atoms with Gasteiger partial charge in [0.25, 0.3) is 0 Å². The van der Waals surface area contributed by atoms with Gasteiger partial charge >= 0.3 is 0 Å². The van der Waals surface area contributed by atoms with Crippen molar-refractivity contribution in [2.75, 3.05) is 13.2 Å². The van der Waals surface area contributed by atoms with Gasteiger partial charge in [-0.3, -0.25) is 0 Å². The monoisotopic (exact) mass is 378 g/mol. The van der Waals surface area contributed by atoms with E-state index in [1.54, 1.807) is 12.1 Å². The molecule has 1 unspecified atom stereocenters. The number of nitrogens with two attached hydrogens (primary N) is 1. The van der Waals surface area contributed by atoms with Gasteiger partial charge in [-0.1, -0.05) is 0 Å². The molecular weight excluding hydrogens is 363 g/mol. The molecule has 0 spiro atoms. The first-order chi connectivity index (χ1) is 12.4. The Labute approximate surface area is 148 Å². The number of aromatic nitrogens is 3. The average molecular weight is 378 g/mol. The largest absolute Gasteiger partial charge is 0.461 e. The van der Waals surface area contributed by atoms with Crippen molar-refractivity contribution in [1.29, 1.82) is 0 Å². The number of ether oxygens (including phenoxy) is 1. The number of sulfonamides is 1. The maximum absolute atomic E-state index is 14.5. The first-order valence-corrected chi connectivity index (χ1v) is 9.39. The lowest BCUT2D eigenvalue weighted by molar-refractivity contribution is 0.193. The lowest BCUT2D eigenvalue weighted by Gasteiger charge is -2.11. The van der Waals surface area contributed by atoms with Gasteiger partial charge in [0.2, 0.25) is 15.8 Å². The molecule has 0 aliphatic carbocycles. The molecule has 3 heterocycles. The van der Waals surface area contributed by atoms with Crippen LogP contribution in [0.5, 0.6) is 0 Å². The molecule has 0 amide bonds. The summed E-state index contributed by atoms with van der Waals surface area (Å²) >= 11 is 0. The van der Waals surface area contributed by atoms with E-state index in [4.69, 9.17) is 14.3 Å². The number of primary sulfonamides is 1. The van der Waals surface area contributed by atoms with E-state index in [9.17, 15) is 12.8 Å². The maximum atomic E-state index is 14.5. The van der Waals surface area contributed by atoms with Crippen LogP contribution < -0.4 is 5.14 Å². The van der Waals surface area contributed by atoms with Crippen LogP contribution in [0.1, 0.15) is 18.2 Å². The van der Waals surface area contributed by atoms with E-state index >= 15 is 0 Å². The molecule has 3 aromatic rings. The molecule has 10 heteroatoms. The van der Waals surface area contributed by atoms with Crippen molar-refractivity contribution in [3.05, 3.63) is 48.2 Å². The quantitative estimate of drug-likeness (QED) is 0.741. The summed E-state index contributed by atoms with van der Waals surface area (Å²) in [5.41, 5.74) is -0.0521. The van der Waals surface area contributed by atoms with E-state index in [0.29, 0.717) is 31.2 Å². The lowest BCUT2D eigenvalue weighted by Crippen LogP contribution is -2.15. The Morgan fingerprint density at radius 2 is 2.15 bits per heavy atom. The Morgan fingerprint density at radius 1 is 1.31 bits per heavy atom. The van der Waals surface area contributed by atoms with E-state index in [1.807, 2.05) is 0 Å². The van der Waals surface area contributed by atoms with Crippen LogP contribution in [0.25, 0.3) is 17.3 Å². The highest BCUT2D eigenvalue weighted by atomic mass is 32.2. The summed E-state index contributed by atoms with van der Waals surface area (Å²) in [6.07, 6.45) is 2.18. The van der Waals surface area contributed by atoms with Crippen LogP contribution in [0.15, 0.2) is 45.9 Å². The minimum absolute atomic E-state index is 0.0521. The molecular formula is C16H15FN4O4S. The van der Waals surface area contributed by atoms with Gasteiger partial charge < -0.3 is 9.15 Å². The van der Waals surface area contributed by atoms with Crippen LogP contribution in [0.3, 0.4) is 0 Å². The molecule has 26 heavy (non-hydrogen) atoms. The molecule has 1 fully saturated rings. The SMILES string of the molecule is NS(=O)(=O)c1ccc(F)c(-n2nc(-c3ccco3)nc2C2CCOC2)c1. The third-order valence-corrected chi connectivity index (χ3v) is 5.05. The molecule has 1 aliphatic heterocycles. The number of hydrogen-bond acceptors (Lipinski definition) is 6. The van der Waals surface area contributed by atoms with E-state index in [2.05, 4.69) is 10.1 Å². The first-order valence-electron chi connectivity index (χ1n) is 7.85. The average Bonchev–Trinajstić information content (AvgIpc) is 3.34. The van der Waals surface area contributed by atoms with Crippen molar-refractivity contribution in [2.45, 2.75) is 17.2 Å². The molecule has 0 bridgehead atoms. The molecule has 1 aromatic carbocycles. The molecule has 1 atom stereocenters. The summed E-state index contributed by atoms with van der Waals surface area (Å²) in [4.78, 5) is 4.26. The first kappa shape index (κ1) is 16.9. The van der Waals surface area contributed by atoms with Gasteiger partial charge in [0.15, 0.2) is 5.76 Å². The van der Waals surface area contributed by atoms with Crippen molar-refractivity contribution in [3.63, 3.8) is 0 Å². The zero-order chi connectivity index (χ0) is 18.3. The summed E-state index contributed by atoms with van der Waals surface area (Å²) < 4.78 is 49.8. The number of halogens is 1. The molecule has 1 saturated heterocycles. The zero-order valence-electron chi connectivity index (χ0n) is 13.5. The van der Waals surface area contributed by atoms with Gasteiger partial charge in [0, 0.05) is 12.5 Å². The predicted molar refractivity (Wildman–Crippen MR) is 88.6 cm³/mol. The van der Waals surface area contributed by atoms with Crippen molar-refractivity contribution < 1.29 is 22.0 Å². The molecule has 4 rings (SSSR count). The standard InChI is InChI=1S/C16H15FN4O4S/c17-12-4-3-11(26(18,22)23)8-13(12)21-16(10-5-7-24-9-10)19-15(20-21)14-2-1-6-25-14/h1-4,6,8,10H,5,7,9H2,(H2,18,22,23). The van der Waals surface area contributed by atoms with Crippen LogP contribution in [0, 0.1) is 5.82 Å². The van der Waals surface area contributed by atoms with Gasteiger partial charge in [0.05, 0.1) is 17.8 Å². The summed E-state index contributed by atoms with van der Waals surface area (Å²) in [5.74, 6) is 0.431. The van der Waals surface area contributed by atoms with Gasteiger partial charge in [0.1, 0.15) is 17.3 Å². The molecule has 2 N–H and O–H groups in total. The second kappa shape index (κ2) is 6.31. The highest BCUT2D eigenvalue weighted by Crippen LogP contribution is 2.30. The topological polar surface area (TPSA) is 113 Å². The molecule has 2 aromatic heterocycles. The summed E-state index contributed by atoms with van der Waals surface area (Å²) in [7, 11) is -3.99. The van der Waals surface area contributed by atoms with Crippen molar-refractivity contribution >= 4 is 10.0 Å². The van der Waals surface area contributed by atoms with Crippen LogP contribution >= 0.6 is 0 Å². The molecule has 0 saturated carbocycles. The summed E-state index contributed by atoms with van der Waals surface area (Å²) in [6, 6.07) is 6.67. The third-order valence-electron chi connectivity index (χ3n) is 4.14. The van der Waals surface area contributed by atoms with Crippen molar-refractivity contribution in [1.82, 2.24) is 14.8 Å². The Kier molecular flexibility index (Phi) is 4.10. The molecule has 0 radical (unpaired) electrons. The van der Waals surface area contributed by atoms with Gasteiger partial charge in [-0.15, -0.1) is 5.10 Å². The normalized spacial score (nSPS) is 17.7. The summed E-state index contributed by atoms with van der Waals surface area (Å²) in [5, 5.41) is 9.50. The van der Waals surface area contributed by atoms with Crippen LogP contribution in [-0.2, 0) is 14.8 Å². The Balaban J connectivity index is 1.90. The fourth-order valence-corrected chi connectivity index (χ4v) is 3.38. The number of hydrogen-bond donors (Lipinski definition) is 1. The van der Waals surface area contributed by atoms with Crippen LogP contribution in [-0.4, -0.2) is 36.4 Å². The number of benzene rings is 1. The summed E-state index contributed by atoms with van der Waals surface area (Å²) in [6.45, 7) is 0.986. The fourth-order valence-electron chi connectivity index (χ4n) is 2.85. The smallest absolute Gasteiger partial charge is 0.238 e. The second-order valence-corrected chi connectivity index (χ2v) is 7.46. The van der Waals surface area contributed by atoms with Gasteiger partial charge in [-0.2, -0.15) is 0 Å². The Bertz CT molecular complexity index is 1040. The van der Waals surface area contributed by atoms with Crippen molar-refractivity contribution in [2.24, 2.45) is 5.14 Å². The second-order valence-electron chi connectivity index (χ2n) is 5.90. The number of nitrogens with zero attached hydrogens (tertiary/aromatic N) is 3. The van der Waals surface area contributed by atoms with E-state index in [0.717, 1.165) is 18.2 Å². The third kappa shape index (κ3) is 3.02. The minimum Gasteiger partial charge on any atom is -0.461 e. The van der Waals surface area contributed by atoms with Gasteiger partial charge in [-0.05, 0) is 36.8 Å². The highest BCUT2D eigenvalue weighted by molar-refractivity contribution is 7.89. The number of furan rings is 1.